The lowest BCUT2D eigenvalue weighted by atomic mass is 10.2. The summed E-state index contributed by atoms with van der Waals surface area (Å²) in [5.41, 5.74) is -5.62. The molecular weight excluding hydrogens is 281 g/mol. The molecule has 0 N–H and O–H groups in total. The van der Waals surface area contributed by atoms with E-state index in [4.69, 9.17) is 0 Å². The SMILES string of the molecule is Cc1ccc([SH](=O)=O)cc1S(=O)(=O)C(F)(F)F. The van der Waals surface area contributed by atoms with E-state index in [-0.39, 0.29) is 5.56 Å². The zero-order valence-corrected chi connectivity index (χ0v) is 10.1. The van der Waals surface area contributed by atoms with Crippen LogP contribution in [0, 0.1) is 6.92 Å². The Balaban J connectivity index is 3.57. The number of aryl methyl sites for hydroxylation is 1. The van der Waals surface area contributed by atoms with Crippen molar-refractivity contribution in [1.29, 1.82) is 0 Å². The Hall–Kier alpha value is -1.09. The molecule has 1 aromatic carbocycles. The van der Waals surface area contributed by atoms with Gasteiger partial charge in [-0.15, -0.1) is 0 Å². The molecule has 0 bridgehead atoms. The maximum Gasteiger partial charge on any atom is 0.501 e. The number of rotatable bonds is 2. The first-order valence-corrected chi connectivity index (χ1v) is 6.80. The zero-order valence-electron chi connectivity index (χ0n) is 8.35. The van der Waals surface area contributed by atoms with Crippen molar-refractivity contribution in [2.24, 2.45) is 0 Å². The molecule has 17 heavy (non-hydrogen) atoms. The summed E-state index contributed by atoms with van der Waals surface area (Å²) in [6.45, 7) is 1.15. The molecule has 0 aliphatic heterocycles. The first kappa shape index (κ1) is 14.0. The average molecular weight is 288 g/mol. The summed E-state index contributed by atoms with van der Waals surface area (Å²) < 4.78 is 80.3. The van der Waals surface area contributed by atoms with Crippen LogP contribution >= 0.6 is 0 Å². The molecule has 0 spiro atoms. The van der Waals surface area contributed by atoms with Crippen LogP contribution < -0.4 is 0 Å². The molecule has 0 aliphatic carbocycles. The molecule has 1 aromatic rings. The first-order chi connectivity index (χ1) is 7.57. The van der Waals surface area contributed by atoms with E-state index >= 15 is 0 Å². The Morgan fingerprint density at radius 1 is 1.18 bits per heavy atom. The lowest BCUT2D eigenvalue weighted by molar-refractivity contribution is -0.0436. The monoisotopic (exact) mass is 288 g/mol. The van der Waals surface area contributed by atoms with Crippen LogP contribution in [0.1, 0.15) is 5.56 Å². The number of halogens is 3. The van der Waals surface area contributed by atoms with Crippen LogP contribution in [0.3, 0.4) is 0 Å². The minimum absolute atomic E-state index is 0.164. The van der Waals surface area contributed by atoms with Crippen molar-refractivity contribution in [1.82, 2.24) is 0 Å². The van der Waals surface area contributed by atoms with E-state index in [2.05, 4.69) is 0 Å². The van der Waals surface area contributed by atoms with Crippen molar-refractivity contribution in [3.8, 4) is 0 Å². The van der Waals surface area contributed by atoms with Gasteiger partial charge in [-0.2, -0.15) is 13.2 Å². The van der Waals surface area contributed by atoms with Crippen LogP contribution in [0.5, 0.6) is 0 Å². The third-order valence-corrected chi connectivity index (χ3v) is 4.30. The highest BCUT2D eigenvalue weighted by molar-refractivity contribution is 7.92. The second-order valence-electron chi connectivity index (χ2n) is 3.16. The number of thiol groups is 1. The second-order valence-corrected chi connectivity index (χ2v) is 6.10. The molecule has 0 heterocycles. The number of sulfone groups is 1. The topological polar surface area (TPSA) is 68.3 Å². The molecule has 0 amide bonds. The van der Waals surface area contributed by atoms with Gasteiger partial charge in [0.15, 0.2) is 10.7 Å². The Kier molecular flexibility index (Phi) is 3.53. The molecule has 1 rings (SSSR count). The normalized spacial score (nSPS) is 13.0. The van der Waals surface area contributed by atoms with Crippen molar-refractivity contribution in [2.45, 2.75) is 22.2 Å². The molecule has 96 valence electrons. The Bertz CT molecular complexity index is 606. The van der Waals surface area contributed by atoms with Gasteiger partial charge >= 0.3 is 5.51 Å². The second kappa shape index (κ2) is 4.30. The van der Waals surface area contributed by atoms with Gasteiger partial charge < -0.3 is 0 Å². The predicted molar refractivity (Wildman–Crippen MR) is 53.0 cm³/mol. The summed E-state index contributed by atoms with van der Waals surface area (Å²) in [5, 5.41) is 0. The van der Waals surface area contributed by atoms with Crippen LogP contribution in [0.25, 0.3) is 0 Å². The lowest BCUT2D eigenvalue weighted by Gasteiger charge is -2.10. The van der Waals surface area contributed by atoms with Crippen LogP contribution in [0.15, 0.2) is 28.0 Å². The van der Waals surface area contributed by atoms with Crippen molar-refractivity contribution in [2.75, 3.05) is 0 Å². The predicted octanol–water partition coefficient (Wildman–Crippen LogP) is 1.26. The van der Waals surface area contributed by atoms with Gasteiger partial charge in [0.1, 0.15) is 0 Å². The fourth-order valence-corrected chi connectivity index (χ4v) is 2.66. The van der Waals surface area contributed by atoms with Gasteiger partial charge in [0.25, 0.3) is 9.84 Å². The van der Waals surface area contributed by atoms with Crippen LogP contribution in [-0.4, -0.2) is 22.3 Å². The summed E-state index contributed by atoms with van der Waals surface area (Å²) in [7, 11) is -8.67. The number of alkyl halides is 3. The van der Waals surface area contributed by atoms with E-state index in [1.165, 1.54) is 0 Å². The minimum atomic E-state index is -5.53. The Morgan fingerprint density at radius 2 is 1.71 bits per heavy atom. The molecule has 0 aliphatic rings. The molecule has 0 saturated carbocycles. The average Bonchev–Trinajstić information content (AvgIpc) is 2.15. The number of hydrogen-bond acceptors (Lipinski definition) is 4. The summed E-state index contributed by atoms with van der Waals surface area (Å²) in [5.74, 6) is 0. The summed E-state index contributed by atoms with van der Waals surface area (Å²) in [6.07, 6.45) is 0. The maximum absolute atomic E-state index is 12.3. The Labute approximate surface area is 96.9 Å². The van der Waals surface area contributed by atoms with E-state index in [0.717, 1.165) is 19.1 Å². The summed E-state index contributed by atoms with van der Waals surface area (Å²) >= 11 is 0. The van der Waals surface area contributed by atoms with Gasteiger partial charge in [-0.05, 0) is 24.6 Å². The molecule has 0 atom stereocenters. The van der Waals surface area contributed by atoms with Gasteiger partial charge in [0.05, 0.1) is 9.79 Å². The van der Waals surface area contributed by atoms with E-state index in [1.54, 1.807) is 0 Å². The van der Waals surface area contributed by atoms with Gasteiger partial charge in [0.2, 0.25) is 0 Å². The molecular formula is C8H7F3O4S2. The number of hydrogen-bond donors (Lipinski definition) is 1. The van der Waals surface area contributed by atoms with E-state index in [1.807, 2.05) is 0 Å². The van der Waals surface area contributed by atoms with Crippen molar-refractivity contribution < 1.29 is 30.0 Å². The highest BCUT2D eigenvalue weighted by Crippen LogP contribution is 2.32. The summed E-state index contributed by atoms with van der Waals surface area (Å²) in [6, 6.07) is 2.55. The van der Waals surface area contributed by atoms with Crippen molar-refractivity contribution in [3.63, 3.8) is 0 Å². The van der Waals surface area contributed by atoms with Crippen molar-refractivity contribution in [3.05, 3.63) is 23.8 Å². The quantitative estimate of drug-likeness (QED) is 0.832. The molecule has 0 saturated heterocycles. The molecule has 9 heteroatoms. The minimum Gasteiger partial charge on any atom is -0.227 e. The van der Waals surface area contributed by atoms with E-state index in [0.29, 0.717) is 6.07 Å². The van der Waals surface area contributed by atoms with Crippen LogP contribution in [0.2, 0.25) is 0 Å². The highest BCUT2D eigenvalue weighted by Gasteiger charge is 2.47. The molecule has 0 unspecified atom stereocenters. The van der Waals surface area contributed by atoms with Gasteiger partial charge in [-0.25, -0.2) is 16.8 Å². The standard InChI is InChI=1S/C8H7F3O4S2/c1-5-2-3-6(16(12)13)4-7(5)17(14,15)8(9,10)11/h2-4,16H,1H3. The van der Waals surface area contributed by atoms with Gasteiger partial charge in [0, 0.05) is 0 Å². The van der Waals surface area contributed by atoms with Gasteiger partial charge in [-0.3, -0.25) is 0 Å². The fourth-order valence-electron chi connectivity index (χ4n) is 1.12. The van der Waals surface area contributed by atoms with E-state index < -0.39 is 35.8 Å². The van der Waals surface area contributed by atoms with Crippen molar-refractivity contribution >= 4 is 20.5 Å². The smallest absolute Gasteiger partial charge is 0.227 e. The number of benzene rings is 1. The largest absolute Gasteiger partial charge is 0.501 e. The third kappa shape index (κ3) is 2.60. The van der Waals surface area contributed by atoms with Crippen LogP contribution in [-0.2, 0) is 20.5 Å². The maximum atomic E-state index is 12.3. The lowest BCUT2D eigenvalue weighted by Crippen LogP contribution is -2.24. The summed E-state index contributed by atoms with van der Waals surface area (Å²) in [4.78, 5) is -1.52. The molecule has 0 fully saturated rings. The zero-order chi connectivity index (χ0) is 13.4. The fraction of sp³-hybridized carbons (Fsp3) is 0.250. The Morgan fingerprint density at radius 3 is 2.12 bits per heavy atom. The molecule has 0 aromatic heterocycles. The molecule has 4 nitrogen and oxygen atoms in total. The molecule has 0 radical (unpaired) electrons. The van der Waals surface area contributed by atoms with Gasteiger partial charge in [-0.1, -0.05) is 6.07 Å². The third-order valence-electron chi connectivity index (χ3n) is 1.98. The highest BCUT2D eigenvalue weighted by atomic mass is 32.2. The first-order valence-electron chi connectivity index (χ1n) is 4.14. The van der Waals surface area contributed by atoms with Crippen LogP contribution in [0.4, 0.5) is 13.2 Å². The van der Waals surface area contributed by atoms with E-state index in [9.17, 15) is 30.0 Å².